The number of hydrogen-bond donors (Lipinski definition) is 2. The van der Waals surface area contributed by atoms with E-state index in [1.165, 1.54) is 10.8 Å². The highest BCUT2D eigenvalue weighted by molar-refractivity contribution is 7.80. The minimum atomic E-state index is -0.278. The monoisotopic (exact) mass is 427 g/mol. The largest absolute Gasteiger partial charge is 0.489 e. The molecule has 0 saturated carbocycles. The van der Waals surface area contributed by atoms with E-state index in [0.29, 0.717) is 17.3 Å². The van der Waals surface area contributed by atoms with Crippen LogP contribution in [-0.4, -0.2) is 5.11 Å². The molecule has 1 aliphatic rings. The minimum Gasteiger partial charge on any atom is -0.489 e. The number of hydrogen-bond acceptors (Lipinski definition) is 3. The van der Waals surface area contributed by atoms with E-state index >= 15 is 0 Å². The van der Waals surface area contributed by atoms with Crippen LogP contribution in [0.25, 0.3) is 10.8 Å². The van der Waals surface area contributed by atoms with Crippen molar-refractivity contribution in [3.63, 3.8) is 0 Å². The Morgan fingerprint density at radius 3 is 2.42 bits per heavy atom. The van der Waals surface area contributed by atoms with Gasteiger partial charge in [-0.25, -0.2) is 0 Å². The molecule has 3 aromatic carbocycles. The predicted molar refractivity (Wildman–Crippen MR) is 128 cm³/mol. The average molecular weight is 428 g/mol. The van der Waals surface area contributed by atoms with Gasteiger partial charge in [-0.1, -0.05) is 75.4 Å². The maximum Gasteiger partial charge on any atom is 0.171 e. The Morgan fingerprint density at radius 2 is 1.71 bits per heavy atom. The van der Waals surface area contributed by atoms with E-state index < -0.39 is 0 Å². The minimum absolute atomic E-state index is 0.211. The van der Waals surface area contributed by atoms with E-state index in [0.717, 1.165) is 22.6 Å². The van der Waals surface area contributed by atoms with Crippen LogP contribution in [0.5, 0.6) is 5.75 Å². The summed E-state index contributed by atoms with van der Waals surface area (Å²) in [6.45, 7) is 6.71. The van der Waals surface area contributed by atoms with Crippen LogP contribution in [0.1, 0.15) is 37.9 Å². The molecule has 0 bridgehead atoms. The number of benzene rings is 3. The highest BCUT2D eigenvalue weighted by atomic mass is 32.1. The molecule has 0 spiro atoms. The third-order valence-electron chi connectivity index (χ3n) is 5.43. The first-order valence-electron chi connectivity index (χ1n) is 10.3. The van der Waals surface area contributed by atoms with Gasteiger partial charge in [0.1, 0.15) is 12.4 Å². The van der Waals surface area contributed by atoms with Gasteiger partial charge in [-0.2, -0.15) is 5.26 Å². The molecule has 0 unspecified atom stereocenters. The Morgan fingerprint density at radius 1 is 1.00 bits per heavy atom. The average Bonchev–Trinajstić information content (AvgIpc) is 2.77. The summed E-state index contributed by atoms with van der Waals surface area (Å²) in [4.78, 5) is 0. The molecule has 0 radical (unpaired) electrons. The highest BCUT2D eigenvalue weighted by Gasteiger charge is 2.32. The van der Waals surface area contributed by atoms with Gasteiger partial charge in [0.05, 0.1) is 17.7 Å². The van der Waals surface area contributed by atoms with Crippen molar-refractivity contribution in [1.29, 1.82) is 5.26 Å². The van der Waals surface area contributed by atoms with Gasteiger partial charge >= 0.3 is 0 Å². The Kier molecular flexibility index (Phi) is 5.67. The van der Waals surface area contributed by atoms with E-state index in [9.17, 15) is 5.26 Å². The fraction of sp³-hybridized carbons (Fsp3) is 0.231. The molecule has 2 N–H and O–H groups in total. The second kappa shape index (κ2) is 8.41. The number of allylic oxidation sites excluding steroid dienone is 1. The summed E-state index contributed by atoms with van der Waals surface area (Å²) in [5.74, 6) is 0.784. The van der Waals surface area contributed by atoms with E-state index in [1.54, 1.807) is 0 Å². The molecule has 1 heterocycles. The van der Waals surface area contributed by atoms with Gasteiger partial charge in [0, 0.05) is 11.1 Å². The molecule has 0 saturated heterocycles. The van der Waals surface area contributed by atoms with Gasteiger partial charge < -0.3 is 15.4 Å². The van der Waals surface area contributed by atoms with Crippen molar-refractivity contribution in [1.82, 2.24) is 10.6 Å². The van der Waals surface area contributed by atoms with Gasteiger partial charge in [-0.15, -0.1) is 0 Å². The Hall–Kier alpha value is -3.36. The normalized spacial score (nSPS) is 16.5. The molecule has 31 heavy (non-hydrogen) atoms. The maximum atomic E-state index is 9.84. The molecule has 156 valence electrons. The molecule has 1 aliphatic heterocycles. The van der Waals surface area contributed by atoms with Crippen LogP contribution < -0.4 is 15.4 Å². The molecular formula is C26H25N3OS. The lowest BCUT2D eigenvalue weighted by Crippen LogP contribution is -2.46. The van der Waals surface area contributed by atoms with Crippen molar-refractivity contribution in [2.45, 2.75) is 33.4 Å². The van der Waals surface area contributed by atoms with E-state index in [2.05, 4.69) is 67.8 Å². The molecule has 1 atom stereocenters. The standard InChI is InChI=1S/C26H25N3OS/c1-26(2,3)24-22(15-27)23(28-25(31)29-24)18-11-13-20(14-12-18)30-16-19-9-6-8-17-7-4-5-10-21(17)19/h4-14,23H,16H2,1-3H3,(H2,28,29,31)/t23-/m0/s1. The zero-order valence-corrected chi connectivity index (χ0v) is 18.7. The Bertz CT molecular complexity index is 1190. The molecule has 0 aliphatic carbocycles. The third-order valence-corrected chi connectivity index (χ3v) is 5.65. The van der Waals surface area contributed by atoms with Gasteiger partial charge in [0.15, 0.2) is 5.11 Å². The van der Waals surface area contributed by atoms with Crippen LogP contribution in [0.15, 0.2) is 78.0 Å². The van der Waals surface area contributed by atoms with Gasteiger partial charge in [-0.3, -0.25) is 0 Å². The molecule has 4 nitrogen and oxygen atoms in total. The molecule has 4 rings (SSSR count). The molecule has 0 aromatic heterocycles. The zero-order chi connectivity index (χ0) is 22.0. The second-order valence-electron chi connectivity index (χ2n) is 8.68. The summed E-state index contributed by atoms with van der Waals surface area (Å²) in [7, 11) is 0. The highest BCUT2D eigenvalue weighted by Crippen LogP contribution is 2.35. The summed E-state index contributed by atoms with van der Waals surface area (Å²) in [5.41, 5.74) is 3.43. The van der Waals surface area contributed by atoms with Gasteiger partial charge in [-0.05, 0) is 46.2 Å². The third kappa shape index (κ3) is 4.40. The summed E-state index contributed by atoms with van der Waals surface area (Å²) in [6, 6.07) is 24.5. The predicted octanol–water partition coefficient (Wildman–Crippen LogP) is 5.76. The number of nitrogens with zero attached hydrogens (tertiary/aromatic N) is 1. The molecular weight excluding hydrogens is 402 g/mol. The number of nitriles is 1. The Balaban J connectivity index is 1.55. The van der Waals surface area contributed by atoms with Crippen molar-refractivity contribution in [2.24, 2.45) is 5.41 Å². The lowest BCUT2D eigenvalue weighted by molar-refractivity contribution is 0.307. The van der Waals surface area contributed by atoms with Gasteiger partial charge in [0.2, 0.25) is 0 Å². The SMILES string of the molecule is CC(C)(C)C1=C(C#N)[C@H](c2ccc(OCc3cccc4ccccc34)cc2)NC(=S)N1. The number of ether oxygens (including phenoxy) is 1. The molecule has 5 heteroatoms. The smallest absolute Gasteiger partial charge is 0.171 e. The number of fused-ring (bicyclic) bond motifs is 1. The van der Waals surface area contributed by atoms with E-state index in [1.807, 2.05) is 36.4 Å². The summed E-state index contributed by atoms with van der Waals surface area (Å²) in [6.07, 6.45) is 0. The number of nitrogens with one attached hydrogen (secondary N) is 2. The zero-order valence-electron chi connectivity index (χ0n) is 17.9. The first-order chi connectivity index (χ1) is 14.9. The van der Waals surface area contributed by atoms with Crippen molar-refractivity contribution < 1.29 is 4.74 Å². The lowest BCUT2D eigenvalue weighted by Gasteiger charge is -2.34. The van der Waals surface area contributed by atoms with E-state index in [4.69, 9.17) is 17.0 Å². The van der Waals surface area contributed by atoms with Crippen LogP contribution in [-0.2, 0) is 6.61 Å². The molecule has 0 fully saturated rings. The van der Waals surface area contributed by atoms with Crippen molar-refractivity contribution in [3.8, 4) is 11.8 Å². The van der Waals surface area contributed by atoms with Crippen LogP contribution in [0.2, 0.25) is 0 Å². The number of thiocarbonyl (C=S) groups is 1. The fourth-order valence-corrected chi connectivity index (χ4v) is 4.08. The fourth-order valence-electron chi connectivity index (χ4n) is 3.86. The Labute approximate surface area is 188 Å². The first kappa shape index (κ1) is 20.9. The lowest BCUT2D eigenvalue weighted by atomic mass is 9.84. The van der Waals surface area contributed by atoms with Crippen LogP contribution >= 0.6 is 12.2 Å². The van der Waals surface area contributed by atoms with Crippen molar-refractivity contribution in [3.05, 3.63) is 89.1 Å². The van der Waals surface area contributed by atoms with Crippen molar-refractivity contribution in [2.75, 3.05) is 0 Å². The van der Waals surface area contributed by atoms with Gasteiger partial charge in [0.25, 0.3) is 0 Å². The van der Waals surface area contributed by atoms with Crippen LogP contribution in [0, 0.1) is 16.7 Å². The summed E-state index contributed by atoms with van der Waals surface area (Å²) in [5, 5.41) is 19.2. The van der Waals surface area contributed by atoms with Crippen LogP contribution in [0.3, 0.4) is 0 Å². The quantitative estimate of drug-likeness (QED) is 0.518. The van der Waals surface area contributed by atoms with Crippen molar-refractivity contribution >= 4 is 28.1 Å². The van der Waals surface area contributed by atoms with Crippen LogP contribution in [0.4, 0.5) is 0 Å². The molecule has 3 aromatic rings. The van der Waals surface area contributed by atoms with E-state index in [-0.39, 0.29) is 11.5 Å². The first-order valence-corrected chi connectivity index (χ1v) is 10.7. The number of rotatable bonds is 4. The topological polar surface area (TPSA) is 57.1 Å². The molecule has 0 amide bonds. The summed E-state index contributed by atoms with van der Waals surface area (Å²) >= 11 is 5.40. The maximum absolute atomic E-state index is 9.84. The second-order valence-corrected chi connectivity index (χ2v) is 9.09. The summed E-state index contributed by atoms with van der Waals surface area (Å²) < 4.78 is 6.06.